The quantitative estimate of drug-likeness (QED) is 0.475. The molecule has 2 amide bonds. The number of anilines is 1. The summed E-state index contributed by atoms with van der Waals surface area (Å²) < 4.78 is 0. The Balaban J connectivity index is 1.54. The molecule has 0 bridgehead atoms. The molecule has 0 saturated heterocycles. The minimum absolute atomic E-state index is 0.0461. The number of carbonyl (C=O) groups is 2. The summed E-state index contributed by atoms with van der Waals surface area (Å²) in [5.74, 6) is -0.669. The zero-order chi connectivity index (χ0) is 22.0. The molecule has 0 atom stereocenters. The molecule has 8 heteroatoms. The maximum atomic E-state index is 12.8. The topological polar surface area (TPSA) is 92.6 Å². The Hall–Kier alpha value is -3.71. The van der Waals surface area contributed by atoms with Gasteiger partial charge in [0.25, 0.3) is 17.5 Å². The SMILES string of the molecule is O=C(Nc1ccc2c(c1)CN(C(=O)c1ccccc1)CC2)c1cc(Cl)ccc1[N+](=O)[O-]. The molecule has 3 aromatic carbocycles. The number of benzene rings is 3. The molecular formula is C23H18ClN3O4. The number of nitrogens with one attached hydrogen (secondary N) is 1. The van der Waals surface area contributed by atoms with Gasteiger partial charge in [-0.2, -0.15) is 0 Å². The minimum atomic E-state index is -0.623. The van der Waals surface area contributed by atoms with Crippen LogP contribution in [0.5, 0.6) is 0 Å². The predicted molar refractivity (Wildman–Crippen MR) is 117 cm³/mol. The second-order valence-electron chi connectivity index (χ2n) is 7.20. The summed E-state index contributed by atoms with van der Waals surface area (Å²) in [4.78, 5) is 37.8. The maximum absolute atomic E-state index is 12.8. The third kappa shape index (κ3) is 4.41. The Morgan fingerprint density at radius 2 is 1.77 bits per heavy atom. The Morgan fingerprint density at radius 3 is 2.52 bits per heavy atom. The fourth-order valence-electron chi connectivity index (χ4n) is 3.62. The van der Waals surface area contributed by atoms with Crippen molar-refractivity contribution in [1.29, 1.82) is 0 Å². The smallest absolute Gasteiger partial charge is 0.282 e. The zero-order valence-corrected chi connectivity index (χ0v) is 17.1. The van der Waals surface area contributed by atoms with E-state index in [1.807, 2.05) is 24.3 Å². The van der Waals surface area contributed by atoms with Gasteiger partial charge in [0.15, 0.2) is 0 Å². The molecule has 0 aliphatic carbocycles. The molecule has 0 spiro atoms. The molecule has 4 rings (SSSR count). The van der Waals surface area contributed by atoms with Gasteiger partial charge in [-0.15, -0.1) is 0 Å². The molecule has 0 unspecified atom stereocenters. The van der Waals surface area contributed by atoms with E-state index in [1.54, 1.807) is 29.2 Å². The van der Waals surface area contributed by atoms with Crippen LogP contribution in [0.4, 0.5) is 11.4 Å². The van der Waals surface area contributed by atoms with E-state index in [0.717, 1.165) is 11.1 Å². The van der Waals surface area contributed by atoms with Crippen molar-refractivity contribution < 1.29 is 14.5 Å². The molecule has 3 aromatic rings. The van der Waals surface area contributed by atoms with E-state index in [1.165, 1.54) is 18.2 Å². The van der Waals surface area contributed by atoms with Crippen molar-refractivity contribution in [3.8, 4) is 0 Å². The average Bonchev–Trinajstić information content (AvgIpc) is 2.78. The highest BCUT2D eigenvalue weighted by Gasteiger charge is 2.24. The Kier molecular flexibility index (Phi) is 5.68. The van der Waals surface area contributed by atoms with Crippen molar-refractivity contribution in [2.75, 3.05) is 11.9 Å². The number of nitrogens with zero attached hydrogens (tertiary/aromatic N) is 2. The predicted octanol–water partition coefficient (Wildman–Crippen LogP) is 4.70. The van der Waals surface area contributed by atoms with E-state index in [2.05, 4.69) is 5.32 Å². The van der Waals surface area contributed by atoms with Crippen molar-refractivity contribution in [1.82, 2.24) is 4.90 Å². The molecule has 7 nitrogen and oxygen atoms in total. The van der Waals surface area contributed by atoms with Crippen LogP contribution in [-0.4, -0.2) is 28.2 Å². The summed E-state index contributed by atoms with van der Waals surface area (Å²) in [5, 5.41) is 14.2. The third-order valence-corrected chi connectivity index (χ3v) is 5.42. The van der Waals surface area contributed by atoms with Gasteiger partial charge < -0.3 is 10.2 Å². The number of fused-ring (bicyclic) bond motifs is 1. The number of carbonyl (C=O) groups excluding carboxylic acids is 2. The van der Waals surface area contributed by atoms with Crippen LogP contribution in [0.2, 0.25) is 5.02 Å². The Labute approximate surface area is 183 Å². The minimum Gasteiger partial charge on any atom is -0.334 e. The Bertz CT molecular complexity index is 1180. The van der Waals surface area contributed by atoms with Crippen LogP contribution >= 0.6 is 11.6 Å². The lowest BCUT2D eigenvalue weighted by Gasteiger charge is -2.29. The van der Waals surface area contributed by atoms with Crippen molar-refractivity contribution >= 4 is 34.8 Å². The average molecular weight is 436 g/mol. The molecule has 0 saturated carbocycles. The summed E-state index contributed by atoms with van der Waals surface area (Å²) in [6.45, 7) is 1.03. The first-order valence-electron chi connectivity index (χ1n) is 9.64. The van der Waals surface area contributed by atoms with E-state index in [4.69, 9.17) is 11.6 Å². The van der Waals surface area contributed by atoms with Crippen molar-refractivity contribution in [3.63, 3.8) is 0 Å². The lowest BCUT2D eigenvalue weighted by Crippen LogP contribution is -2.36. The molecule has 0 radical (unpaired) electrons. The molecule has 1 aliphatic rings. The van der Waals surface area contributed by atoms with Crippen LogP contribution < -0.4 is 5.32 Å². The summed E-state index contributed by atoms with van der Waals surface area (Å²) in [5.41, 5.74) is 2.71. The number of nitro groups is 1. The molecule has 1 heterocycles. The second kappa shape index (κ2) is 8.57. The van der Waals surface area contributed by atoms with Gasteiger partial charge in [0.05, 0.1) is 4.92 Å². The highest BCUT2D eigenvalue weighted by molar-refractivity contribution is 6.31. The highest BCUT2D eigenvalue weighted by Crippen LogP contribution is 2.26. The fourth-order valence-corrected chi connectivity index (χ4v) is 3.79. The highest BCUT2D eigenvalue weighted by atomic mass is 35.5. The monoisotopic (exact) mass is 435 g/mol. The summed E-state index contributed by atoms with van der Waals surface area (Å²) in [7, 11) is 0. The van der Waals surface area contributed by atoms with Gasteiger partial charge in [0.2, 0.25) is 0 Å². The van der Waals surface area contributed by atoms with Crippen LogP contribution in [0.15, 0.2) is 66.7 Å². The first kappa shape index (κ1) is 20.6. The van der Waals surface area contributed by atoms with E-state index in [0.29, 0.717) is 30.8 Å². The van der Waals surface area contributed by atoms with Gasteiger partial charge in [0, 0.05) is 35.4 Å². The number of halogens is 1. The van der Waals surface area contributed by atoms with Gasteiger partial charge in [-0.1, -0.05) is 35.9 Å². The van der Waals surface area contributed by atoms with Crippen molar-refractivity contribution in [2.24, 2.45) is 0 Å². The van der Waals surface area contributed by atoms with Gasteiger partial charge in [-0.05, 0) is 53.9 Å². The Morgan fingerprint density at radius 1 is 1.00 bits per heavy atom. The molecule has 31 heavy (non-hydrogen) atoms. The zero-order valence-electron chi connectivity index (χ0n) is 16.4. The number of hydrogen-bond acceptors (Lipinski definition) is 4. The van der Waals surface area contributed by atoms with E-state index >= 15 is 0 Å². The van der Waals surface area contributed by atoms with Crippen LogP contribution in [0.3, 0.4) is 0 Å². The number of hydrogen-bond donors (Lipinski definition) is 1. The van der Waals surface area contributed by atoms with E-state index < -0.39 is 10.8 Å². The largest absolute Gasteiger partial charge is 0.334 e. The lowest BCUT2D eigenvalue weighted by atomic mass is 9.98. The van der Waals surface area contributed by atoms with Gasteiger partial charge >= 0.3 is 0 Å². The lowest BCUT2D eigenvalue weighted by molar-refractivity contribution is -0.385. The van der Waals surface area contributed by atoms with Gasteiger partial charge in [0.1, 0.15) is 5.56 Å². The molecular weight excluding hydrogens is 418 g/mol. The molecule has 1 aliphatic heterocycles. The third-order valence-electron chi connectivity index (χ3n) is 5.18. The normalized spacial score (nSPS) is 12.7. The van der Waals surface area contributed by atoms with Gasteiger partial charge in [-0.3, -0.25) is 19.7 Å². The number of nitro benzene ring substituents is 1. The van der Waals surface area contributed by atoms with E-state index in [9.17, 15) is 19.7 Å². The molecule has 0 aromatic heterocycles. The molecule has 156 valence electrons. The maximum Gasteiger partial charge on any atom is 0.282 e. The number of amides is 2. The van der Waals surface area contributed by atoms with Crippen LogP contribution in [0.25, 0.3) is 0 Å². The second-order valence-corrected chi connectivity index (χ2v) is 7.64. The van der Waals surface area contributed by atoms with Gasteiger partial charge in [-0.25, -0.2) is 0 Å². The summed E-state index contributed by atoms with van der Waals surface area (Å²) in [6, 6.07) is 18.4. The van der Waals surface area contributed by atoms with Crippen molar-refractivity contribution in [3.05, 3.63) is 104 Å². The molecule has 0 fully saturated rings. The van der Waals surface area contributed by atoms with E-state index in [-0.39, 0.29) is 22.2 Å². The summed E-state index contributed by atoms with van der Waals surface area (Å²) >= 11 is 5.92. The first-order valence-corrected chi connectivity index (χ1v) is 10.0. The number of rotatable bonds is 4. The van der Waals surface area contributed by atoms with Crippen molar-refractivity contribution in [2.45, 2.75) is 13.0 Å². The van der Waals surface area contributed by atoms with Crippen LogP contribution in [0, 0.1) is 10.1 Å². The van der Waals surface area contributed by atoms with Crippen LogP contribution in [0.1, 0.15) is 31.8 Å². The fraction of sp³-hybridized carbons (Fsp3) is 0.130. The first-order chi connectivity index (χ1) is 14.9. The molecule has 1 N–H and O–H groups in total. The standard InChI is InChI=1S/C23H18ClN3O4/c24-18-7-9-21(27(30)31)20(13-18)22(28)25-19-8-6-15-10-11-26(14-17(15)12-19)23(29)16-4-2-1-3-5-16/h1-9,12-13H,10-11,14H2,(H,25,28). The summed E-state index contributed by atoms with van der Waals surface area (Å²) in [6.07, 6.45) is 0.710. The van der Waals surface area contributed by atoms with Crippen LogP contribution in [-0.2, 0) is 13.0 Å².